The number of rotatable bonds is 8. The zero-order valence-corrected chi connectivity index (χ0v) is 20.6. The van der Waals surface area contributed by atoms with Crippen LogP contribution in [-0.2, 0) is 24.3 Å². The lowest BCUT2D eigenvalue weighted by Crippen LogP contribution is -2.47. The highest BCUT2D eigenvalue weighted by Gasteiger charge is 2.22. The van der Waals surface area contributed by atoms with Gasteiger partial charge in [0.15, 0.2) is 11.8 Å². The number of hydrogen-bond donors (Lipinski definition) is 2. The van der Waals surface area contributed by atoms with Gasteiger partial charge < -0.3 is 20.1 Å². The van der Waals surface area contributed by atoms with E-state index in [4.69, 9.17) is 9.47 Å². The first-order valence-electron chi connectivity index (χ1n) is 10.2. The number of aromatic nitrogens is 3. The fraction of sp³-hybridized carbons (Fsp3) is 0.571. The zero-order chi connectivity index (χ0) is 20.6. The topological polar surface area (TPSA) is 85.6 Å². The van der Waals surface area contributed by atoms with E-state index in [9.17, 15) is 0 Å². The van der Waals surface area contributed by atoms with Gasteiger partial charge in [0.1, 0.15) is 24.8 Å². The predicted octanol–water partition coefficient (Wildman–Crippen LogP) is 2.72. The van der Waals surface area contributed by atoms with Crippen molar-refractivity contribution in [1.29, 1.82) is 0 Å². The van der Waals surface area contributed by atoms with Crippen molar-refractivity contribution in [2.24, 2.45) is 4.99 Å². The van der Waals surface area contributed by atoms with Crippen LogP contribution in [0.4, 0.5) is 0 Å². The summed E-state index contributed by atoms with van der Waals surface area (Å²) in [6.07, 6.45) is 1.88. The van der Waals surface area contributed by atoms with Crippen molar-refractivity contribution >= 4 is 29.9 Å². The quantitative estimate of drug-likeness (QED) is 0.237. The van der Waals surface area contributed by atoms with E-state index in [-0.39, 0.29) is 30.0 Å². The number of halogens is 1. The molecule has 1 aliphatic heterocycles. The first-order chi connectivity index (χ1) is 14.1. The van der Waals surface area contributed by atoms with Gasteiger partial charge in [0.2, 0.25) is 0 Å². The van der Waals surface area contributed by atoms with Crippen LogP contribution in [0.5, 0.6) is 5.75 Å². The van der Waals surface area contributed by atoms with E-state index in [2.05, 4.69) is 51.7 Å². The molecule has 1 aromatic heterocycles. The van der Waals surface area contributed by atoms with Crippen LogP contribution in [0.15, 0.2) is 29.3 Å². The van der Waals surface area contributed by atoms with E-state index in [1.807, 2.05) is 16.8 Å². The Morgan fingerprint density at radius 1 is 1.33 bits per heavy atom. The highest BCUT2D eigenvalue weighted by Crippen LogP contribution is 2.25. The summed E-state index contributed by atoms with van der Waals surface area (Å²) >= 11 is 0. The van der Waals surface area contributed by atoms with E-state index >= 15 is 0 Å². The lowest BCUT2D eigenvalue weighted by Gasteiger charge is -2.25. The van der Waals surface area contributed by atoms with Crippen molar-refractivity contribution in [3.8, 4) is 5.75 Å². The lowest BCUT2D eigenvalue weighted by atomic mass is 10.0. The lowest BCUT2D eigenvalue weighted by molar-refractivity contribution is 0.177. The second-order valence-corrected chi connectivity index (χ2v) is 7.48. The Bertz CT molecular complexity index is 824. The molecule has 0 radical (unpaired) electrons. The maximum atomic E-state index is 5.98. The molecule has 166 valence electrons. The van der Waals surface area contributed by atoms with Gasteiger partial charge in [0, 0.05) is 26.6 Å². The number of benzene rings is 1. The number of nitrogens with one attached hydrogen (secondary N) is 2. The summed E-state index contributed by atoms with van der Waals surface area (Å²) in [5, 5.41) is 11.3. The summed E-state index contributed by atoms with van der Waals surface area (Å²) < 4.78 is 13.1. The average molecular weight is 528 g/mol. The highest BCUT2D eigenvalue weighted by molar-refractivity contribution is 14.0. The Morgan fingerprint density at radius 2 is 2.13 bits per heavy atom. The van der Waals surface area contributed by atoms with Crippen molar-refractivity contribution in [3.05, 3.63) is 41.5 Å². The van der Waals surface area contributed by atoms with Crippen LogP contribution in [0.3, 0.4) is 0 Å². The monoisotopic (exact) mass is 528 g/mol. The van der Waals surface area contributed by atoms with Crippen LogP contribution >= 0.6 is 24.0 Å². The summed E-state index contributed by atoms with van der Waals surface area (Å²) in [5.74, 6) is 3.92. The maximum absolute atomic E-state index is 5.98. The molecule has 1 aromatic carbocycles. The van der Waals surface area contributed by atoms with Gasteiger partial charge in [-0.1, -0.05) is 32.0 Å². The summed E-state index contributed by atoms with van der Waals surface area (Å²) in [7, 11) is 3.44. The van der Waals surface area contributed by atoms with Crippen LogP contribution in [-0.4, -0.2) is 54.1 Å². The normalized spacial score (nSPS) is 16.0. The smallest absolute Gasteiger partial charge is 0.191 e. The molecule has 3 rings (SSSR count). The molecule has 0 bridgehead atoms. The number of aryl methyl sites for hydroxylation is 1. The summed E-state index contributed by atoms with van der Waals surface area (Å²) in [6, 6.07) is 8.46. The number of ether oxygens (including phenoxy) is 2. The molecule has 1 atom stereocenters. The number of para-hydroxylation sites is 1. The van der Waals surface area contributed by atoms with E-state index in [0.717, 1.165) is 42.7 Å². The molecule has 2 heterocycles. The third-order valence-electron chi connectivity index (χ3n) is 4.93. The second-order valence-electron chi connectivity index (χ2n) is 7.48. The summed E-state index contributed by atoms with van der Waals surface area (Å²) in [5.41, 5.74) is 1.23. The Balaban J connectivity index is 0.00000320. The zero-order valence-electron chi connectivity index (χ0n) is 18.2. The predicted molar refractivity (Wildman–Crippen MR) is 129 cm³/mol. The van der Waals surface area contributed by atoms with Gasteiger partial charge in [-0.3, -0.25) is 4.99 Å². The van der Waals surface area contributed by atoms with Gasteiger partial charge >= 0.3 is 0 Å². The molecule has 30 heavy (non-hydrogen) atoms. The van der Waals surface area contributed by atoms with Crippen molar-refractivity contribution in [3.63, 3.8) is 0 Å². The Labute approximate surface area is 195 Å². The molecule has 9 heteroatoms. The van der Waals surface area contributed by atoms with Gasteiger partial charge in [0.05, 0.1) is 13.1 Å². The van der Waals surface area contributed by atoms with Crippen molar-refractivity contribution < 1.29 is 9.47 Å². The molecule has 0 saturated carbocycles. The van der Waals surface area contributed by atoms with Crippen molar-refractivity contribution in [2.45, 2.75) is 51.8 Å². The van der Waals surface area contributed by atoms with Gasteiger partial charge in [-0.15, -0.1) is 24.0 Å². The first-order valence-corrected chi connectivity index (χ1v) is 10.2. The van der Waals surface area contributed by atoms with Crippen LogP contribution < -0.4 is 15.4 Å². The number of methoxy groups -OCH3 is 1. The standard InChI is InChI=1S/C21H32N6O2.HI/c1-15(2)17-7-5-6-8-18(17)29-12-11-23-21(22-3)24-16-9-10-20-25-19(14-28-4)26-27(20)13-16;/h5-8,15-16H,9-14H2,1-4H3,(H2,22,23,24);1H. The molecule has 0 aliphatic carbocycles. The molecule has 0 fully saturated rings. The molecular formula is C21H33IN6O2. The SMILES string of the molecule is CN=C(NCCOc1ccccc1C(C)C)NC1CCc2nc(COC)nn2C1.I. The number of hydrogen-bond acceptors (Lipinski definition) is 5. The number of nitrogens with zero attached hydrogens (tertiary/aromatic N) is 4. The Morgan fingerprint density at radius 3 is 2.87 bits per heavy atom. The minimum atomic E-state index is 0. The third-order valence-corrected chi connectivity index (χ3v) is 4.93. The third kappa shape index (κ3) is 6.56. The largest absolute Gasteiger partial charge is 0.491 e. The maximum Gasteiger partial charge on any atom is 0.191 e. The molecule has 2 N–H and O–H groups in total. The van der Waals surface area contributed by atoms with E-state index in [1.165, 1.54) is 5.56 Å². The Hall–Kier alpha value is -1.88. The van der Waals surface area contributed by atoms with Crippen LogP contribution in [0.2, 0.25) is 0 Å². The first kappa shape index (κ1) is 24.4. The Kier molecular flexibility index (Phi) is 9.83. The number of fused-ring (bicyclic) bond motifs is 1. The van der Waals surface area contributed by atoms with Gasteiger partial charge in [-0.2, -0.15) is 5.10 Å². The molecule has 2 aromatic rings. The van der Waals surface area contributed by atoms with Crippen molar-refractivity contribution in [1.82, 2.24) is 25.4 Å². The van der Waals surface area contributed by atoms with Crippen molar-refractivity contribution in [2.75, 3.05) is 27.3 Å². The highest BCUT2D eigenvalue weighted by atomic mass is 127. The average Bonchev–Trinajstić information content (AvgIpc) is 3.12. The molecule has 0 saturated heterocycles. The molecule has 0 amide bonds. The minimum Gasteiger partial charge on any atom is -0.491 e. The van der Waals surface area contributed by atoms with E-state index in [0.29, 0.717) is 25.7 Å². The summed E-state index contributed by atoms with van der Waals surface area (Å²) in [6.45, 7) is 6.81. The van der Waals surface area contributed by atoms with Crippen LogP contribution in [0.1, 0.15) is 43.4 Å². The molecular weight excluding hydrogens is 495 g/mol. The van der Waals surface area contributed by atoms with E-state index < -0.39 is 0 Å². The number of guanidine groups is 1. The summed E-state index contributed by atoms with van der Waals surface area (Å²) in [4.78, 5) is 8.86. The molecule has 1 aliphatic rings. The second kappa shape index (κ2) is 12.1. The molecule has 8 nitrogen and oxygen atoms in total. The van der Waals surface area contributed by atoms with E-state index in [1.54, 1.807) is 14.2 Å². The number of aliphatic imine (C=N–C) groups is 1. The fourth-order valence-electron chi connectivity index (χ4n) is 3.48. The molecule has 1 unspecified atom stereocenters. The van der Waals surface area contributed by atoms with Crippen LogP contribution in [0.25, 0.3) is 0 Å². The van der Waals surface area contributed by atoms with Gasteiger partial charge in [-0.05, 0) is 24.0 Å². The van der Waals surface area contributed by atoms with Gasteiger partial charge in [0.25, 0.3) is 0 Å². The van der Waals surface area contributed by atoms with Crippen LogP contribution in [0, 0.1) is 0 Å². The van der Waals surface area contributed by atoms with Gasteiger partial charge in [-0.25, -0.2) is 9.67 Å². The molecule has 0 spiro atoms. The minimum absolute atomic E-state index is 0. The fourth-order valence-corrected chi connectivity index (χ4v) is 3.48.